The topological polar surface area (TPSA) is 286 Å². The molecule has 0 aliphatic carbocycles. The van der Waals surface area contributed by atoms with Gasteiger partial charge in [0.2, 0.25) is 0 Å². The monoisotopic (exact) mass is 999 g/mol. The van der Waals surface area contributed by atoms with Crippen LogP contribution in [0.2, 0.25) is 0 Å². The molecule has 1 aromatic rings. The number of unbranched alkanes of at least 4 members (excludes halogenated alkanes) is 5. The number of aromatic nitrogens is 2. The van der Waals surface area contributed by atoms with Crippen LogP contribution in [0.15, 0.2) is 90.0 Å². The zero-order chi connectivity index (χ0) is 50.2. The molecule has 68 heavy (non-hydrogen) atoms. The quantitative estimate of drug-likeness (QED) is 0.0123. The number of nitrogens with two attached hydrogens (primary N) is 1. The Kier molecular flexibility index (Phi) is 30.5. The molecule has 2 heterocycles. The van der Waals surface area contributed by atoms with Gasteiger partial charge in [-0.05, 0) is 56.9 Å². The molecule has 4 unspecified atom stereocenters. The number of nitrogens with zero attached hydrogens (tertiary/aromatic N) is 2. The van der Waals surface area contributed by atoms with Crippen LogP contribution in [0.3, 0.4) is 0 Å². The fraction of sp³-hybridized carbons (Fsp3) is 0.617. The second kappa shape index (κ2) is 34.5. The van der Waals surface area contributed by atoms with Crippen LogP contribution in [-0.2, 0) is 46.3 Å². The fourth-order valence-electron chi connectivity index (χ4n) is 6.40. The van der Waals surface area contributed by atoms with Crippen LogP contribution in [0.5, 0.6) is 0 Å². The van der Waals surface area contributed by atoms with Gasteiger partial charge in [-0.1, -0.05) is 139 Å². The van der Waals surface area contributed by atoms with Crippen LogP contribution in [0.1, 0.15) is 130 Å². The van der Waals surface area contributed by atoms with E-state index in [1.54, 1.807) is 12.2 Å². The summed E-state index contributed by atoms with van der Waals surface area (Å²) in [6, 6.07) is 1.23. The molecule has 7 N–H and O–H groups in total. The van der Waals surface area contributed by atoms with E-state index in [-0.39, 0.29) is 25.1 Å². The number of hydrogen-bond acceptors (Lipinski definition) is 16. The van der Waals surface area contributed by atoms with E-state index in [2.05, 4.69) is 72.6 Å². The number of hydrogen-bond donors (Lipinski definition) is 6. The van der Waals surface area contributed by atoms with Gasteiger partial charge >= 0.3 is 33.3 Å². The van der Waals surface area contributed by atoms with E-state index in [4.69, 9.17) is 29.0 Å². The number of phosphoric ester groups is 2. The Balaban J connectivity index is 1.88. The van der Waals surface area contributed by atoms with Crippen LogP contribution in [0.4, 0.5) is 5.82 Å². The molecule has 19 nitrogen and oxygen atoms in total. The number of rotatable bonds is 36. The predicted molar refractivity (Wildman–Crippen MR) is 258 cm³/mol. The highest BCUT2D eigenvalue weighted by Gasteiger charge is 2.46. The van der Waals surface area contributed by atoms with Crippen molar-refractivity contribution in [3.8, 4) is 0 Å². The minimum atomic E-state index is -5.47. The third kappa shape index (κ3) is 27.4. The van der Waals surface area contributed by atoms with Crippen molar-refractivity contribution in [2.24, 2.45) is 5.92 Å². The summed E-state index contributed by atoms with van der Waals surface area (Å²) >= 11 is 0. The van der Waals surface area contributed by atoms with E-state index < -0.39 is 89.8 Å². The third-order valence-electron chi connectivity index (χ3n) is 10.5. The number of aliphatic hydroxyl groups is 3. The molecule has 0 saturated carbocycles. The molecule has 1 aromatic heterocycles. The summed E-state index contributed by atoms with van der Waals surface area (Å²) < 4.78 is 56.4. The number of nitrogen functional groups attached to an aromatic ring is 1. The molecule has 0 spiro atoms. The summed E-state index contributed by atoms with van der Waals surface area (Å²) in [5.41, 5.74) is 4.56. The lowest BCUT2D eigenvalue weighted by Gasteiger charge is -2.21. The second-order valence-corrected chi connectivity index (χ2v) is 19.4. The van der Waals surface area contributed by atoms with Gasteiger partial charge in [-0.3, -0.25) is 23.2 Å². The zero-order valence-electron chi connectivity index (χ0n) is 39.7. The summed E-state index contributed by atoms with van der Waals surface area (Å²) in [5.74, 6) is -0.912. The van der Waals surface area contributed by atoms with Crippen molar-refractivity contribution >= 4 is 33.4 Å². The molecule has 0 aromatic carbocycles. The first kappa shape index (κ1) is 60.3. The molecular formula is C47H75N3O16P2. The van der Waals surface area contributed by atoms with Crippen molar-refractivity contribution in [2.45, 2.75) is 160 Å². The van der Waals surface area contributed by atoms with E-state index in [9.17, 15) is 48.6 Å². The summed E-state index contributed by atoms with van der Waals surface area (Å²) in [5, 5.41) is 31.2. The minimum absolute atomic E-state index is 0.00371. The highest BCUT2D eigenvalue weighted by Crippen LogP contribution is 2.60. The van der Waals surface area contributed by atoms with Crippen molar-refractivity contribution in [1.29, 1.82) is 0 Å². The zero-order valence-corrected chi connectivity index (χ0v) is 41.4. The number of carbonyl (C=O) groups excluding carboxylic acids is 2. The van der Waals surface area contributed by atoms with E-state index in [0.29, 0.717) is 18.8 Å². The number of phosphoric acid groups is 2. The van der Waals surface area contributed by atoms with Gasteiger partial charge in [0, 0.05) is 19.0 Å². The Hall–Kier alpha value is -3.84. The van der Waals surface area contributed by atoms with Crippen LogP contribution in [0.25, 0.3) is 0 Å². The van der Waals surface area contributed by atoms with E-state index in [1.807, 2.05) is 12.2 Å². The molecule has 21 heteroatoms. The van der Waals surface area contributed by atoms with Crippen molar-refractivity contribution in [1.82, 2.24) is 9.55 Å². The van der Waals surface area contributed by atoms with E-state index in [0.717, 1.165) is 75.0 Å². The lowest BCUT2D eigenvalue weighted by molar-refractivity contribution is -0.161. The summed E-state index contributed by atoms with van der Waals surface area (Å²) in [6.07, 6.45) is 27.9. The number of ether oxygens (including phenoxy) is 3. The maximum atomic E-state index is 12.8. The van der Waals surface area contributed by atoms with Crippen molar-refractivity contribution in [3.63, 3.8) is 0 Å². The van der Waals surface area contributed by atoms with Crippen LogP contribution in [0, 0.1) is 5.92 Å². The second-order valence-electron chi connectivity index (χ2n) is 16.3. The first-order valence-corrected chi connectivity index (χ1v) is 26.4. The van der Waals surface area contributed by atoms with Gasteiger partial charge in [0.15, 0.2) is 12.3 Å². The molecule has 1 aliphatic rings. The van der Waals surface area contributed by atoms with Crippen molar-refractivity contribution < 1.29 is 71.4 Å². The smallest absolute Gasteiger partial charge is 0.462 e. The average Bonchev–Trinajstić information content (AvgIpc) is 3.57. The number of allylic oxidation sites excluding steroid dienone is 11. The molecular weight excluding hydrogens is 924 g/mol. The van der Waals surface area contributed by atoms with Crippen molar-refractivity contribution in [3.05, 3.63) is 95.7 Å². The maximum Gasteiger partial charge on any atom is 0.481 e. The standard InChI is InChI=1S/C47H75N3O16P2/c1-4-6-7-8-9-10-11-12-13-14-15-16-17-18-22-25-28-38(51)30-31-42(52)61-34-39(64-43(53)29-26-23-20-19-21-24-27-37(3)5-2)35-62-67(57,58)66-68(59,60)63-36-40-44(54)45(55)46(65-40)50-33-32-41(48)49-47(50)56/h6-7,9-10,12-13,15-16,18,22,25,28,32-33,37-40,44-46,51,54-55H,4-5,8,11,14,17,19-21,23-24,26-27,29-31,34-36H2,1-3H3,(H,57,58)(H,59,60)(H2,48,49,56)/b7-6-,10-9-,13-12-,16-15-,22-18-,28-25-/t37?,38?,39-,40-,44-,45-,46-/m1/s1. The molecule has 0 radical (unpaired) electrons. The molecule has 0 bridgehead atoms. The van der Waals surface area contributed by atoms with Gasteiger partial charge in [-0.15, -0.1) is 0 Å². The van der Waals surface area contributed by atoms with E-state index in [1.165, 1.54) is 18.6 Å². The summed E-state index contributed by atoms with van der Waals surface area (Å²) in [7, 11) is -10.9. The molecule has 1 aliphatic heterocycles. The van der Waals surface area contributed by atoms with Crippen LogP contribution in [-0.4, -0.2) is 96.9 Å². The minimum Gasteiger partial charge on any atom is -0.462 e. The Morgan fingerprint density at radius 2 is 1.41 bits per heavy atom. The van der Waals surface area contributed by atoms with E-state index >= 15 is 0 Å². The number of carbonyl (C=O) groups is 2. The fourth-order valence-corrected chi connectivity index (χ4v) is 8.51. The average molecular weight is 1000 g/mol. The Bertz CT molecular complexity index is 1950. The maximum absolute atomic E-state index is 12.8. The number of esters is 2. The third-order valence-corrected chi connectivity index (χ3v) is 13.1. The first-order chi connectivity index (χ1) is 32.5. The van der Waals surface area contributed by atoms with Gasteiger partial charge in [0.1, 0.15) is 30.7 Å². The SMILES string of the molecule is CC/C=C\C/C=C\C/C=C\C/C=C\C/C=C\C=C/C(O)CCC(=O)OC[C@H](COP(=O)(O)OP(=O)(O)OC[C@H]1O[C@@H](n2ccc(N)nc2=O)[C@H](O)[C@@H]1O)OC(=O)CCCCCCCCC(C)CC. The van der Waals surface area contributed by atoms with Gasteiger partial charge in [-0.2, -0.15) is 9.29 Å². The Morgan fingerprint density at radius 3 is 2.04 bits per heavy atom. The normalized spacial score (nSPS) is 21.1. The number of aliphatic hydroxyl groups excluding tert-OH is 3. The Morgan fingerprint density at radius 1 is 0.809 bits per heavy atom. The highest BCUT2D eigenvalue weighted by atomic mass is 31.3. The summed E-state index contributed by atoms with van der Waals surface area (Å²) in [4.78, 5) is 61.7. The molecule has 0 amide bonds. The van der Waals surface area contributed by atoms with Gasteiger partial charge in [-0.25, -0.2) is 13.9 Å². The first-order valence-electron chi connectivity index (χ1n) is 23.5. The molecule has 2 rings (SSSR count). The predicted octanol–water partition coefficient (Wildman–Crippen LogP) is 7.77. The van der Waals surface area contributed by atoms with Crippen LogP contribution < -0.4 is 11.4 Å². The molecule has 1 saturated heterocycles. The van der Waals surface area contributed by atoms with Crippen LogP contribution >= 0.6 is 15.6 Å². The summed E-state index contributed by atoms with van der Waals surface area (Å²) in [6.45, 7) is 3.98. The van der Waals surface area contributed by atoms with Gasteiger partial charge in [0.25, 0.3) is 0 Å². The highest BCUT2D eigenvalue weighted by molar-refractivity contribution is 7.61. The lowest BCUT2D eigenvalue weighted by atomic mass is 10.00. The largest absolute Gasteiger partial charge is 0.481 e. The molecule has 1 fully saturated rings. The molecule has 9 atom stereocenters. The number of anilines is 1. The lowest BCUT2D eigenvalue weighted by Crippen LogP contribution is -2.36. The molecule has 384 valence electrons. The van der Waals surface area contributed by atoms with Crippen molar-refractivity contribution in [2.75, 3.05) is 25.6 Å². The van der Waals surface area contributed by atoms with Gasteiger partial charge in [0.05, 0.1) is 19.3 Å². The Labute approximate surface area is 400 Å². The van der Waals surface area contributed by atoms with Gasteiger partial charge < -0.3 is 45.1 Å².